The Morgan fingerprint density at radius 2 is 1.88 bits per heavy atom. The lowest BCUT2D eigenvalue weighted by Gasteiger charge is -2.23. The number of carbonyl (C=O) groups excluding carboxylic acids is 3. The van der Waals surface area contributed by atoms with Gasteiger partial charge in [-0.25, -0.2) is 4.98 Å². The molecule has 6 radical (unpaired) electrons. The highest BCUT2D eigenvalue weighted by atomic mass is 32.1. The Labute approximate surface area is 246 Å². The molecule has 0 atom stereocenters. The summed E-state index contributed by atoms with van der Waals surface area (Å²) in [5.41, 5.74) is 1.07. The number of hydrogen-bond acceptors (Lipinski definition) is 9. The van der Waals surface area contributed by atoms with Crippen molar-refractivity contribution in [1.82, 2.24) is 25.8 Å². The lowest BCUT2D eigenvalue weighted by molar-refractivity contribution is -0.117. The number of nitrogens with zero attached hydrogens (tertiary/aromatic N) is 3. The first kappa shape index (κ1) is 30.1. The second kappa shape index (κ2) is 13.2. The maximum atomic E-state index is 12.9. The van der Waals surface area contributed by atoms with Crippen LogP contribution in [0.2, 0.25) is 0 Å². The first-order chi connectivity index (χ1) is 19.6. The fourth-order valence-electron chi connectivity index (χ4n) is 3.88. The molecule has 1 saturated carbocycles. The number of aromatic nitrogens is 3. The minimum absolute atomic E-state index is 0.0677. The van der Waals surface area contributed by atoms with E-state index in [-0.39, 0.29) is 34.9 Å². The SMILES string of the molecule is [B]C([B])([B])NC(=O)c1nnc(NC(=O)C2CC2)cc1Nc1cccc(-c2ncc(C(=O)NCCCCC)s2)c1OC. The average Bonchev–Trinajstić information content (AvgIpc) is 3.66. The molecule has 11 nitrogen and oxygen atoms in total. The topological polar surface area (TPSA) is 147 Å². The second-order valence-corrected chi connectivity index (χ2v) is 10.7. The third-order valence-corrected chi connectivity index (χ3v) is 7.08. The number of nitrogens with one attached hydrogen (secondary N) is 4. The summed E-state index contributed by atoms with van der Waals surface area (Å²) in [5, 5.41) is 17.5. The van der Waals surface area contributed by atoms with Crippen molar-refractivity contribution >= 4 is 69.8 Å². The highest BCUT2D eigenvalue weighted by Gasteiger charge is 2.30. The van der Waals surface area contributed by atoms with Gasteiger partial charge in [0.1, 0.15) is 9.88 Å². The third-order valence-electron chi connectivity index (χ3n) is 6.05. The first-order valence-electron chi connectivity index (χ1n) is 13.2. The monoisotopic (exact) mass is 567 g/mol. The van der Waals surface area contributed by atoms with Crippen molar-refractivity contribution in [1.29, 1.82) is 0 Å². The molecule has 1 aromatic carbocycles. The van der Waals surface area contributed by atoms with E-state index in [4.69, 9.17) is 28.3 Å². The summed E-state index contributed by atoms with van der Waals surface area (Å²) in [7, 11) is 18.1. The third kappa shape index (κ3) is 8.09. The zero-order valence-electron chi connectivity index (χ0n) is 22.8. The van der Waals surface area contributed by atoms with Gasteiger partial charge in [-0.05, 0) is 31.4 Å². The van der Waals surface area contributed by atoms with Gasteiger partial charge in [-0.2, -0.15) is 0 Å². The summed E-state index contributed by atoms with van der Waals surface area (Å²) in [6.45, 7) is 2.70. The first-order valence-corrected chi connectivity index (χ1v) is 14.0. The van der Waals surface area contributed by atoms with Crippen LogP contribution in [0.1, 0.15) is 59.2 Å². The molecule has 4 rings (SSSR count). The van der Waals surface area contributed by atoms with Crippen molar-refractivity contribution < 1.29 is 19.1 Å². The van der Waals surface area contributed by atoms with E-state index in [0.29, 0.717) is 33.4 Å². The maximum Gasteiger partial charge on any atom is 0.272 e. The number of hydrogen-bond donors (Lipinski definition) is 4. The van der Waals surface area contributed by atoms with Crippen LogP contribution in [-0.2, 0) is 4.79 Å². The zero-order valence-corrected chi connectivity index (χ0v) is 23.6. The van der Waals surface area contributed by atoms with Crippen molar-refractivity contribution in [3.8, 4) is 16.3 Å². The second-order valence-electron chi connectivity index (χ2n) is 9.65. The number of carbonyl (C=O) groups is 3. The van der Waals surface area contributed by atoms with Gasteiger partial charge < -0.3 is 26.0 Å². The van der Waals surface area contributed by atoms with Gasteiger partial charge in [-0.1, -0.05) is 31.1 Å². The molecule has 4 N–H and O–H groups in total. The predicted octanol–water partition coefficient (Wildman–Crippen LogP) is 2.47. The molecule has 3 aromatic rings. The molecular weight excluding hydrogens is 539 g/mol. The number of para-hydroxylation sites is 1. The van der Waals surface area contributed by atoms with Gasteiger partial charge in [0.25, 0.3) is 11.8 Å². The number of ether oxygens (including phenoxy) is 1. The molecule has 206 valence electrons. The van der Waals surface area contributed by atoms with E-state index >= 15 is 0 Å². The smallest absolute Gasteiger partial charge is 0.272 e. The van der Waals surface area contributed by atoms with Gasteiger partial charge in [0.15, 0.2) is 17.3 Å². The Bertz CT molecular complexity index is 1430. The number of benzene rings is 1. The van der Waals surface area contributed by atoms with Crippen LogP contribution in [0.4, 0.5) is 17.2 Å². The van der Waals surface area contributed by atoms with Crippen LogP contribution in [0.5, 0.6) is 5.75 Å². The molecule has 41 heavy (non-hydrogen) atoms. The van der Waals surface area contributed by atoms with Crippen LogP contribution in [0.3, 0.4) is 0 Å². The molecule has 1 aliphatic rings. The summed E-state index contributed by atoms with van der Waals surface area (Å²) in [6.07, 6.45) is 6.16. The largest absolute Gasteiger partial charge is 0.494 e. The number of thiazole rings is 1. The van der Waals surface area contributed by atoms with E-state index in [2.05, 4.69) is 43.4 Å². The summed E-state index contributed by atoms with van der Waals surface area (Å²) in [6, 6.07) is 6.75. The summed E-state index contributed by atoms with van der Waals surface area (Å²) < 4.78 is 5.72. The van der Waals surface area contributed by atoms with Crippen molar-refractivity contribution in [2.45, 2.75) is 44.3 Å². The van der Waals surface area contributed by atoms with Crippen LogP contribution in [-0.4, -0.2) is 75.3 Å². The fourth-order valence-corrected chi connectivity index (χ4v) is 4.74. The lowest BCUT2D eigenvalue weighted by Crippen LogP contribution is -2.50. The van der Waals surface area contributed by atoms with Crippen molar-refractivity contribution in [2.75, 3.05) is 24.3 Å². The van der Waals surface area contributed by atoms with Gasteiger partial charge in [0.05, 0.1) is 53.8 Å². The summed E-state index contributed by atoms with van der Waals surface area (Å²) >= 11 is 1.23. The molecule has 0 spiro atoms. The molecule has 0 bridgehead atoms. The number of rotatable bonds is 13. The zero-order chi connectivity index (χ0) is 29.6. The average molecular weight is 567 g/mol. The fraction of sp³-hybridized carbons (Fsp3) is 0.385. The normalized spacial score (nSPS) is 12.8. The van der Waals surface area contributed by atoms with Crippen LogP contribution < -0.4 is 26.0 Å². The van der Waals surface area contributed by atoms with Gasteiger partial charge in [-0.3, -0.25) is 14.4 Å². The number of unbranched alkanes of at least 4 members (excludes halogenated alkanes) is 2. The van der Waals surface area contributed by atoms with Gasteiger partial charge in [0.2, 0.25) is 5.91 Å². The van der Waals surface area contributed by atoms with E-state index in [1.807, 2.05) is 0 Å². The van der Waals surface area contributed by atoms with E-state index in [0.717, 1.165) is 32.1 Å². The molecule has 1 fully saturated rings. The van der Waals surface area contributed by atoms with Crippen LogP contribution in [0, 0.1) is 5.92 Å². The molecule has 15 heteroatoms. The minimum Gasteiger partial charge on any atom is -0.494 e. The van der Waals surface area contributed by atoms with E-state index in [9.17, 15) is 14.4 Å². The van der Waals surface area contributed by atoms with Gasteiger partial charge in [0, 0.05) is 18.5 Å². The van der Waals surface area contributed by atoms with E-state index < -0.39 is 11.1 Å². The van der Waals surface area contributed by atoms with E-state index in [1.165, 1.54) is 30.7 Å². The number of anilines is 3. The Hall–Kier alpha value is -3.87. The molecule has 2 aromatic heterocycles. The number of methoxy groups -OCH3 is 1. The van der Waals surface area contributed by atoms with Crippen LogP contribution in [0.15, 0.2) is 30.5 Å². The minimum atomic E-state index is -2.00. The molecule has 0 saturated heterocycles. The van der Waals surface area contributed by atoms with Crippen molar-refractivity contribution in [3.63, 3.8) is 0 Å². The Kier molecular flexibility index (Phi) is 9.69. The standard InChI is InChI=1S/C26H28B3N7O4S/c1-3-4-5-11-30-23(38)18-13-31-25(41-18)15-7-6-8-16(21(15)40-2)32-17-12-19(33-22(37)14-9-10-14)35-36-20(17)24(39)34-26(27,28)29/h6-8,12-14H,3-5,9-11H2,1-2H3,(H,30,38)(H,34,39)(H2,32,33,35,37). The Morgan fingerprint density at radius 3 is 2.56 bits per heavy atom. The summed E-state index contributed by atoms with van der Waals surface area (Å²) in [5.74, 6) is -0.687. The highest BCUT2D eigenvalue weighted by molar-refractivity contribution is 7.17. The Balaban J connectivity index is 1.63. The molecule has 0 aliphatic heterocycles. The van der Waals surface area contributed by atoms with Crippen molar-refractivity contribution in [2.24, 2.45) is 5.92 Å². The van der Waals surface area contributed by atoms with Crippen LogP contribution in [0.25, 0.3) is 10.6 Å². The summed E-state index contributed by atoms with van der Waals surface area (Å²) in [4.78, 5) is 42.7. The number of amides is 3. The quantitative estimate of drug-likeness (QED) is 0.182. The van der Waals surface area contributed by atoms with Gasteiger partial charge >= 0.3 is 0 Å². The highest BCUT2D eigenvalue weighted by Crippen LogP contribution is 2.40. The Morgan fingerprint density at radius 1 is 1.10 bits per heavy atom. The van der Waals surface area contributed by atoms with Gasteiger partial charge in [-0.15, -0.1) is 21.5 Å². The van der Waals surface area contributed by atoms with Crippen LogP contribution >= 0.6 is 11.3 Å². The lowest BCUT2D eigenvalue weighted by atomic mass is 9.49. The molecule has 0 unspecified atom stereocenters. The molecule has 2 heterocycles. The molecule has 1 aliphatic carbocycles. The van der Waals surface area contributed by atoms with Crippen molar-refractivity contribution in [3.05, 3.63) is 41.0 Å². The maximum absolute atomic E-state index is 12.9. The molecule has 3 amide bonds. The molecular formula is C26H28B3N7O4S. The van der Waals surface area contributed by atoms with E-state index in [1.54, 1.807) is 18.2 Å². The predicted molar refractivity (Wildman–Crippen MR) is 160 cm³/mol.